The molecule has 1 N–H and O–H groups in total. The van der Waals surface area contributed by atoms with Crippen molar-refractivity contribution in [3.63, 3.8) is 0 Å². The van der Waals surface area contributed by atoms with Crippen LogP contribution in [-0.2, 0) is 6.42 Å². The van der Waals surface area contributed by atoms with Gasteiger partial charge in [-0.3, -0.25) is 4.79 Å². The number of ether oxygens (including phenoxy) is 1. The second-order valence-electron chi connectivity index (χ2n) is 9.27. The summed E-state index contributed by atoms with van der Waals surface area (Å²) < 4.78 is 21.1. The summed E-state index contributed by atoms with van der Waals surface area (Å²) in [6.45, 7) is 8.08. The summed E-state index contributed by atoms with van der Waals surface area (Å²) in [6.07, 6.45) is 3.59. The van der Waals surface area contributed by atoms with Crippen LogP contribution < -0.4 is 10.2 Å². The summed E-state index contributed by atoms with van der Waals surface area (Å²) in [4.78, 5) is 28.0. The van der Waals surface area contributed by atoms with Gasteiger partial charge in [0.2, 0.25) is 5.95 Å². The molecule has 0 radical (unpaired) electrons. The third kappa shape index (κ3) is 3.57. The number of hydrogen-bond acceptors (Lipinski definition) is 4. The highest BCUT2D eigenvalue weighted by Gasteiger charge is 2.34. The lowest BCUT2D eigenvalue weighted by Crippen LogP contribution is -2.32. The average molecular weight is 436 g/mol. The fourth-order valence-electron chi connectivity index (χ4n) is 4.43. The second kappa shape index (κ2) is 7.58. The van der Waals surface area contributed by atoms with Crippen LogP contribution in [0.25, 0.3) is 22.4 Å². The van der Waals surface area contributed by atoms with Gasteiger partial charge in [0.05, 0.1) is 12.8 Å². The van der Waals surface area contributed by atoms with Crippen molar-refractivity contribution in [2.24, 2.45) is 5.41 Å². The zero-order chi connectivity index (χ0) is 23.4. The monoisotopic (exact) mass is 436 g/mol. The lowest BCUT2D eigenvalue weighted by atomic mass is 9.78. The number of nitrogens with zero attached hydrogens (tertiary/aromatic N) is 2. The first-order chi connectivity index (χ1) is 15.0. The zero-order valence-electron chi connectivity index (χ0n) is 18.7. The van der Waals surface area contributed by atoms with Gasteiger partial charge in [-0.15, -0.1) is 0 Å². The highest BCUT2D eigenvalue weighted by Crippen LogP contribution is 2.46. The molecule has 6 nitrogen and oxygen atoms in total. The van der Waals surface area contributed by atoms with E-state index >= 15 is 0 Å². The van der Waals surface area contributed by atoms with Crippen molar-refractivity contribution in [2.45, 2.75) is 40.2 Å². The maximum atomic E-state index is 13.6. The van der Waals surface area contributed by atoms with Gasteiger partial charge in [0.25, 0.3) is 0 Å². The fraction of sp³-hybridized carbons (Fsp3) is 0.320. The number of aromatic carboxylic acids is 1. The van der Waals surface area contributed by atoms with E-state index in [0.29, 0.717) is 17.9 Å². The van der Waals surface area contributed by atoms with Crippen molar-refractivity contribution in [3.8, 4) is 28.1 Å². The van der Waals surface area contributed by atoms with Crippen LogP contribution in [0.2, 0.25) is 0 Å². The van der Waals surface area contributed by atoms with Crippen LogP contribution in [0.5, 0.6) is 5.75 Å². The lowest BCUT2D eigenvalue weighted by Gasteiger charge is -2.39. The highest BCUT2D eigenvalue weighted by atomic mass is 19.1. The SMILES string of the molecule is COc1cc2c(cc1-c1cnc(F)cc1C)CC(C(C)(C)C)n1cc(C(=O)O)c(=O)cc1-2. The quantitative estimate of drug-likeness (QED) is 0.592. The largest absolute Gasteiger partial charge is 0.496 e. The number of benzene rings is 1. The number of hydrogen-bond donors (Lipinski definition) is 1. The predicted molar refractivity (Wildman–Crippen MR) is 120 cm³/mol. The summed E-state index contributed by atoms with van der Waals surface area (Å²) in [5.74, 6) is -1.22. The van der Waals surface area contributed by atoms with Crippen molar-refractivity contribution in [1.29, 1.82) is 0 Å². The van der Waals surface area contributed by atoms with Crippen LogP contribution in [0.15, 0.2) is 41.5 Å². The summed E-state index contributed by atoms with van der Waals surface area (Å²) in [5, 5.41) is 9.48. The molecule has 0 amide bonds. The van der Waals surface area contributed by atoms with Crippen LogP contribution in [0.3, 0.4) is 0 Å². The van der Waals surface area contributed by atoms with Crippen molar-refractivity contribution < 1.29 is 19.0 Å². The van der Waals surface area contributed by atoms with E-state index in [4.69, 9.17) is 4.74 Å². The first-order valence-corrected chi connectivity index (χ1v) is 10.3. The van der Waals surface area contributed by atoms with Crippen LogP contribution in [-0.4, -0.2) is 27.7 Å². The van der Waals surface area contributed by atoms with E-state index in [-0.39, 0.29) is 17.0 Å². The van der Waals surface area contributed by atoms with Gasteiger partial charge < -0.3 is 14.4 Å². The Labute approximate surface area is 185 Å². The van der Waals surface area contributed by atoms with Crippen LogP contribution in [0.1, 0.15) is 48.3 Å². The molecule has 0 aliphatic carbocycles. The number of carboxylic acids is 1. The Hall–Kier alpha value is -3.48. The number of pyridine rings is 2. The zero-order valence-corrected chi connectivity index (χ0v) is 18.7. The maximum absolute atomic E-state index is 13.6. The topological polar surface area (TPSA) is 81.4 Å². The summed E-state index contributed by atoms with van der Waals surface area (Å²) >= 11 is 0. The van der Waals surface area contributed by atoms with Crippen molar-refractivity contribution >= 4 is 5.97 Å². The Morgan fingerprint density at radius 1 is 1.19 bits per heavy atom. The first kappa shape index (κ1) is 21.7. The Bertz CT molecular complexity index is 1300. The molecule has 1 unspecified atom stereocenters. The molecule has 32 heavy (non-hydrogen) atoms. The second-order valence-corrected chi connectivity index (χ2v) is 9.27. The molecule has 1 aromatic carbocycles. The number of aromatic nitrogens is 2. The Balaban J connectivity index is 2.01. The standard InChI is InChI=1S/C25H25FN2O4/c1-13-6-23(26)27-11-17(13)16-7-14-8-22(25(2,3)4)28-12-18(24(30)31)20(29)10-19(28)15(14)9-21(16)32-5/h6-7,9-12,22H,8H2,1-5H3,(H,30,31). The van der Waals surface area contributed by atoms with Gasteiger partial charge in [0.15, 0.2) is 5.43 Å². The minimum absolute atomic E-state index is 0.0719. The molecule has 1 atom stereocenters. The van der Waals surface area contributed by atoms with E-state index in [1.54, 1.807) is 7.11 Å². The van der Waals surface area contributed by atoms with Gasteiger partial charge in [-0.2, -0.15) is 4.39 Å². The fourth-order valence-corrected chi connectivity index (χ4v) is 4.43. The molecule has 0 spiro atoms. The van der Waals surface area contributed by atoms with Gasteiger partial charge >= 0.3 is 5.97 Å². The average Bonchev–Trinajstić information content (AvgIpc) is 2.71. The molecule has 3 heterocycles. The van der Waals surface area contributed by atoms with E-state index in [2.05, 4.69) is 25.8 Å². The van der Waals surface area contributed by atoms with Crippen molar-refractivity contribution in [3.05, 3.63) is 69.5 Å². The number of aryl methyl sites for hydroxylation is 1. The predicted octanol–water partition coefficient (Wildman–Crippen LogP) is 4.87. The van der Waals surface area contributed by atoms with Gasteiger partial charge in [-0.1, -0.05) is 20.8 Å². The van der Waals surface area contributed by atoms with Crippen LogP contribution in [0.4, 0.5) is 4.39 Å². The Kier molecular flexibility index (Phi) is 5.15. The molecule has 166 valence electrons. The molecule has 0 fully saturated rings. The molecule has 1 aliphatic heterocycles. The molecule has 1 aliphatic rings. The number of halogens is 1. The third-order valence-corrected chi connectivity index (χ3v) is 6.13. The molecule has 7 heteroatoms. The summed E-state index contributed by atoms with van der Waals surface area (Å²) in [7, 11) is 1.55. The number of methoxy groups -OCH3 is 1. The van der Waals surface area contributed by atoms with E-state index in [9.17, 15) is 19.1 Å². The van der Waals surface area contributed by atoms with Gasteiger partial charge in [0.1, 0.15) is 11.3 Å². The number of fused-ring (bicyclic) bond motifs is 3. The van der Waals surface area contributed by atoms with Crippen molar-refractivity contribution in [2.75, 3.05) is 7.11 Å². The molecule has 2 aromatic heterocycles. The van der Waals surface area contributed by atoms with E-state index in [0.717, 1.165) is 27.8 Å². The molecule has 0 bridgehead atoms. The van der Waals surface area contributed by atoms with Crippen LogP contribution in [0, 0.1) is 18.3 Å². The minimum Gasteiger partial charge on any atom is -0.496 e. The Morgan fingerprint density at radius 3 is 2.50 bits per heavy atom. The van der Waals surface area contributed by atoms with E-state index in [1.165, 1.54) is 24.5 Å². The third-order valence-electron chi connectivity index (χ3n) is 6.13. The highest BCUT2D eigenvalue weighted by molar-refractivity contribution is 5.88. The number of carboxylic acid groups (broad SMARTS) is 1. The molecule has 0 saturated carbocycles. The van der Waals surface area contributed by atoms with E-state index < -0.39 is 17.3 Å². The number of carbonyl (C=O) groups is 1. The number of rotatable bonds is 3. The molecule has 3 aromatic rings. The molecular formula is C25H25FN2O4. The van der Waals surface area contributed by atoms with Gasteiger partial charge in [-0.05, 0) is 48.1 Å². The minimum atomic E-state index is -1.24. The maximum Gasteiger partial charge on any atom is 0.341 e. The smallest absolute Gasteiger partial charge is 0.341 e. The summed E-state index contributed by atoms with van der Waals surface area (Å²) in [6, 6.07) is 6.57. The van der Waals surface area contributed by atoms with Crippen LogP contribution >= 0.6 is 0 Å². The summed E-state index contributed by atoms with van der Waals surface area (Å²) in [5.41, 5.74) is 3.78. The van der Waals surface area contributed by atoms with Gasteiger partial charge in [0, 0.05) is 41.2 Å². The first-order valence-electron chi connectivity index (χ1n) is 10.3. The Morgan fingerprint density at radius 2 is 1.91 bits per heavy atom. The lowest BCUT2D eigenvalue weighted by molar-refractivity contribution is 0.0693. The van der Waals surface area contributed by atoms with Crippen molar-refractivity contribution in [1.82, 2.24) is 9.55 Å². The molecular weight excluding hydrogens is 411 g/mol. The molecule has 0 saturated heterocycles. The van der Waals surface area contributed by atoms with Gasteiger partial charge in [-0.25, -0.2) is 9.78 Å². The normalized spacial score (nSPS) is 15.1. The van der Waals surface area contributed by atoms with E-state index in [1.807, 2.05) is 23.6 Å². The molecule has 4 rings (SSSR count).